The van der Waals surface area contributed by atoms with Crippen molar-refractivity contribution in [1.82, 2.24) is 4.90 Å². The van der Waals surface area contributed by atoms with Gasteiger partial charge in [-0.1, -0.05) is 42.5 Å². The van der Waals surface area contributed by atoms with Crippen molar-refractivity contribution >= 4 is 5.57 Å². The molecule has 0 aromatic heterocycles. The molecule has 0 atom stereocenters. The van der Waals surface area contributed by atoms with Gasteiger partial charge in [-0.05, 0) is 51.1 Å². The van der Waals surface area contributed by atoms with Gasteiger partial charge in [0, 0.05) is 5.54 Å². The zero-order chi connectivity index (χ0) is 12.5. The number of hydrogen-bond donors (Lipinski definition) is 0. The van der Waals surface area contributed by atoms with Crippen LogP contribution in [0.25, 0.3) is 5.57 Å². The molecule has 2 rings (SSSR count). The second kappa shape index (κ2) is 4.50. The Morgan fingerprint density at radius 2 is 1.82 bits per heavy atom. The molecular weight excluding hydrogens is 206 g/mol. The molecule has 0 heterocycles. The lowest BCUT2D eigenvalue weighted by Gasteiger charge is -2.35. The summed E-state index contributed by atoms with van der Waals surface area (Å²) in [5.74, 6) is 0. The van der Waals surface area contributed by atoms with Crippen LogP contribution in [0.2, 0.25) is 0 Å². The highest BCUT2D eigenvalue weighted by Gasteiger charge is 2.26. The Hall–Kier alpha value is -1.34. The smallest absolute Gasteiger partial charge is 0.0404 e. The first-order chi connectivity index (χ1) is 8.03. The quantitative estimate of drug-likeness (QED) is 0.758. The molecule has 17 heavy (non-hydrogen) atoms. The van der Waals surface area contributed by atoms with Crippen molar-refractivity contribution < 1.29 is 0 Å². The van der Waals surface area contributed by atoms with Gasteiger partial charge in [-0.2, -0.15) is 0 Å². The Morgan fingerprint density at radius 3 is 2.41 bits per heavy atom. The van der Waals surface area contributed by atoms with E-state index in [1.54, 1.807) is 0 Å². The summed E-state index contributed by atoms with van der Waals surface area (Å²) in [4.78, 5) is 2.27. The van der Waals surface area contributed by atoms with Crippen LogP contribution in [0.4, 0.5) is 0 Å². The van der Waals surface area contributed by atoms with Crippen LogP contribution in [0.3, 0.4) is 0 Å². The Bertz CT molecular complexity index is 464. The molecule has 1 aromatic carbocycles. The molecule has 0 amide bonds. The Balaban J connectivity index is 2.48. The predicted molar refractivity (Wildman–Crippen MR) is 74.9 cm³/mol. The topological polar surface area (TPSA) is 3.24 Å². The van der Waals surface area contributed by atoms with Gasteiger partial charge in [0.1, 0.15) is 0 Å². The van der Waals surface area contributed by atoms with Gasteiger partial charge in [0.2, 0.25) is 0 Å². The fourth-order valence-corrected chi connectivity index (χ4v) is 2.18. The molecule has 1 aliphatic rings. The number of hydrogen-bond acceptors (Lipinski definition) is 1. The molecule has 0 saturated carbocycles. The van der Waals surface area contributed by atoms with Crippen molar-refractivity contribution in [2.75, 3.05) is 14.1 Å². The van der Waals surface area contributed by atoms with Crippen LogP contribution in [0.15, 0.2) is 42.5 Å². The molecule has 0 spiro atoms. The average molecular weight is 227 g/mol. The zero-order valence-corrected chi connectivity index (χ0v) is 11.2. The highest BCUT2D eigenvalue weighted by Crippen LogP contribution is 2.34. The Morgan fingerprint density at radius 1 is 1.12 bits per heavy atom. The summed E-state index contributed by atoms with van der Waals surface area (Å²) in [7, 11) is 4.27. The van der Waals surface area contributed by atoms with E-state index < -0.39 is 0 Å². The van der Waals surface area contributed by atoms with Crippen LogP contribution in [0.5, 0.6) is 0 Å². The molecule has 1 heteroatoms. The first-order valence-corrected chi connectivity index (χ1v) is 6.16. The van der Waals surface area contributed by atoms with E-state index in [1.165, 1.54) is 16.7 Å². The van der Waals surface area contributed by atoms with Crippen LogP contribution >= 0.6 is 0 Å². The lowest BCUT2D eigenvalue weighted by Crippen LogP contribution is -2.36. The van der Waals surface area contributed by atoms with Crippen molar-refractivity contribution in [3.63, 3.8) is 0 Å². The fourth-order valence-electron chi connectivity index (χ4n) is 2.18. The van der Waals surface area contributed by atoms with E-state index in [-0.39, 0.29) is 5.54 Å². The highest BCUT2D eigenvalue weighted by molar-refractivity contribution is 5.73. The molecule has 0 saturated heterocycles. The molecule has 0 bridgehead atoms. The van der Waals surface area contributed by atoms with Gasteiger partial charge in [0.25, 0.3) is 0 Å². The Kier molecular flexibility index (Phi) is 3.21. The van der Waals surface area contributed by atoms with Gasteiger partial charge in [-0.3, -0.25) is 0 Å². The lowest BCUT2D eigenvalue weighted by molar-refractivity contribution is 0.197. The minimum Gasteiger partial charge on any atom is -0.300 e. The average Bonchev–Trinajstić information content (AvgIpc) is 2.82. The molecule has 0 radical (unpaired) electrons. The first-order valence-electron chi connectivity index (χ1n) is 6.16. The summed E-state index contributed by atoms with van der Waals surface area (Å²) in [5, 5.41) is 0. The first kappa shape index (κ1) is 12.1. The summed E-state index contributed by atoms with van der Waals surface area (Å²) in [6.07, 6.45) is 7.65. The maximum Gasteiger partial charge on any atom is 0.0404 e. The SMILES string of the molecule is CN(C)C(C)(C)c1ccccc1C1=CC=CC1. The van der Waals surface area contributed by atoms with E-state index in [1.807, 2.05) is 0 Å². The number of nitrogens with zero attached hydrogens (tertiary/aromatic N) is 1. The highest BCUT2D eigenvalue weighted by atomic mass is 15.1. The maximum atomic E-state index is 2.27. The molecular formula is C16H21N. The molecule has 0 unspecified atom stereocenters. The maximum absolute atomic E-state index is 2.27. The van der Waals surface area contributed by atoms with Gasteiger partial charge >= 0.3 is 0 Å². The van der Waals surface area contributed by atoms with E-state index in [0.29, 0.717) is 0 Å². The lowest BCUT2D eigenvalue weighted by atomic mass is 9.86. The molecule has 0 fully saturated rings. The monoisotopic (exact) mass is 227 g/mol. The third-order valence-corrected chi connectivity index (χ3v) is 3.82. The predicted octanol–water partition coefficient (Wildman–Crippen LogP) is 3.83. The number of rotatable bonds is 3. The van der Waals surface area contributed by atoms with Crippen LogP contribution < -0.4 is 0 Å². The van der Waals surface area contributed by atoms with Crippen molar-refractivity contribution in [3.8, 4) is 0 Å². The van der Waals surface area contributed by atoms with Gasteiger partial charge in [-0.25, -0.2) is 0 Å². The molecule has 0 aliphatic heterocycles. The van der Waals surface area contributed by atoms with Crippen LogP contribution in [0.1, 0.15) is 31.4 Å². The van der Waals surface area contributed by atoms with E-state index in [0.717, 1.165) is 6.42 Å². The minimum atomic E-state index is 0.0556. The van der Waals surface area contributed by atoms with Gasteiger partial charge in [0.15, 0.2) is 0 Å². The van der Waals surface area contributed by atoms with Crippen LogP contribution in [-0.2, 0) is 5.54 Å². The van der Waals surface area contributed by atoms with E-state index in [2.05, 4.69) is 75.3 Å². The van der Waals surface area contributed by atoms with E-state index in [4.69, 9.17) is 0 Å². The van der Waals surface area contributed by atoms with Gasteiger partial charge in [0.05, 0.1) is 0 Å². The third kappa shape index (κ3) is 2.20. The van der Waals surface area contributed by atoms with E-state index >= 15 is 0 Å². The molecule has 90 valence electrons. The van der Waals surface area contributed by atoms with Crippen LogP contribution in [0, 0.1) is 0 Å². The second-order valence-corrected chi connectivity index (χ2v) is 5.32. The molecule has 1 aliphatic carbocycles. The zero-order valence-electron chi connectivity index (χ0n) is 11.2. The Labute approximate surface area is 104 Å². The van der Waals surface area contributed by atoms with Gasteiger partial charge in [-0.15, -0.1) is 0 Å². The molecule has 1 aromatic rings. The van der Waals surface area contributed by atoms with Crippen molar-refractivity contribution in [3.05, 3.63) is 53.6 Å². The number of benzene rings is 1. The summed E-state index contributed by atoms with van der Waals surface area (Å²) in [6.45, 7) is 4.55. The van der Waals surface area contributed by atoms with Crippen molar-refractivity contribution in [2.45, 2.75) is 25.8 Å². The molecule has 1 nitrogen and oxygen atoms in total. The standard InChI is InChI=1S/C16H21N/c1-16(2,17(3)4)15-12-8-7-11-14(15)13-9-5-6-10-13/h5-9,11-12H,10H2,1-4H3. The normalized spacial score (nSPS) is 15.5. The van der Waals surface area contributed by atoms with Crippen molar-refractivity contribution in [2.24, 2.45) is 0 Å². The second-order valence-electron chi connectivity index (χ2n) is 5.32. The number of allylic oxidation sites excluding steroid dienone is 4. The fraction of sp³-hybridized carbons (Fsp3) is 0.375. The summed E-state index contributed by atoms with van der Waals surface area (Å²) in [5.41, 5.74) is 4.27. The van der Waals surface area contributed by atoms with Crippen LogP contribution in [-0.4, -0.2) is 19.0 Å². The van der Waals surface area contributed by atoms with E-state index in [9.17, 15) is 0 Å². The largest absolute Gasteiger partial charge is 0.300 e. The van der Waals surface area contributed by atoms with Crippen molar-refractivity contribution in [1.29, 1.82) is 0 Å². The molecule has 0 N–H and O–H groups in total. The minimum absolute atomic E-state index is 0.0556. The van der Waals surface area contributed by atoms with Gasteiger partial charge < -0.3 is 4.90 Å². The summed E-state index contributed by atoms with van der Waals surface area (Å²) >= 11 is 0. The summed E-state index contributed by atoms with van der Waals surface area (Å²) in [6, 6.07) is 8.74. The summed E-state index contributed by atoms with van der Waals surface area (Å²) < 4.78 is 0. The third-order valence-electron chi connectivity index (χ3n) is 3.82.